The van der Waals surface area contributed by atoms with E-state index in [4.69, 9.17) is 19.4 Å². The van der Waals surface area contributed by atoms with Crippen LogP contribution in [0.2, 0.25) is 0 Å². The molecule has 58 heavy (non-hydrogen) atoms. The van der Waals surface area contributed by atoms with E-state index in [2.05, 4.69) is 184 Å². The molecule has 4 nitrogen and oxygen atoms in total. The van der Waals surface area contributed by atoms with Crippen LogP contribution in [0.25, 0.3) is 101 Å². The van der Waals surface area contributed by atoms with Crippen LogP contribution < -0.4 is 0 Å². The van der Waals surface area contributed by atoms with Gasteiger partial charge in [-0.1, -0.05) is 178 Å². The molecule has 4 heteroatoms. The summed E-state index contributed by atoms with van der Waals surface area (Å²) in [5.74, 6) is 1.84. The first-order chi connectivity index (χ1) is 28.5. The number of benzene rings is 8. The summed E-state index contributed by atoms with van der Waals surface area (Å²) < 4.78 is 6.55. The zero-order valence-electron chi connectivity index (χ0n) is 32.1. The zero-order valence-corrected chi connectivity index (χ0v) is 32.1. The molecule has 0 atom stereocenters. The minimum atomic E-state index is -0.154. The van der Waals surface area contributed by atoms with Crippen molar-refractivity contribution < 1.29 is 4.42 Å². The first-order valence-corrected chi connectivity index (χ1v) is 19.8. The van der Waals surface area contributed by atoms with Crippen molar-refractivity contribution in [1.82, 2.24) is 15.0 Å². The molecule has 0 bridgehead atoms. The van der Waals surface area contributed by atoms with Gasteiger partial charge in [0.25, 0.3) is 0 Å². The Morgan fingerprint density at radius 1 is 0.362 bits per heavy atom. The molecule has 1 aliphatic rings. The van der Waals surface area contributed by atoms with Gasteiger partial charge in [-0.2, -0.15) is 0 Å². The van der Waals surface area contributed by atoms with Gasteiger partial charge in [0.1, 0.15) is 11.2 Å². The minimum absolute atomic E-state index is 0.154. The molecule has 8 aromatic carbocycles. The van der Waals surface area contributed by atoms with Crippen molar-refractivity contribution in [3.8, 4) is 78.7 Å². The van der Waals surface area contributed by atoms with E-state index in [9.17, 15) is 0 Å². The average molecular weight is 744 g/mol. The van der Waals surface area contributed by atoms with E-state index in [0.29, 0.717) is 17.5 Å². The third kappa shape index (κ3) is 5.56. The van der Waals surface area contributed by atoms with Crippen molar-refractivity contribution >= 4 is 21.9 Å². The van der Waals surface area contributed by atoms with E-state index >= 15 is 0 Å². The SMILES string of the molecule is CC1(C)c2ccccc2-c2c(-c3nc(-c4ccc(-c5cccc(-c6ccccc6)c5)cc4)nc(-c4ccc5c(c4)oc4cccc(-c6ccccc6)c45)n3)cccc21. The largest absolute Gasteiger partial charge is 0.456 e. The van der Waals surface area contributed by atoms with E-state index in [0.717, 1.165) is 60.9 Å². The number of fused-ring (bicyclic) bond motifs is 6. The highest BCUT2D eigenvalue weighted by atomic mass is 16.3. The van der Waals surface area contributed by atoms with E-state index in [1.165, 1.54) is 33.4 Å². The van der Waals surface area contributed by atoms with Crippen molar-refractivity contribution in [2.24, 2.45) is 0 Å². The van der Waals surface area contributed by atoms with Crippen LogP contribution in [0.4, 0.5) is 0 Å². The van der Waals surface area contributed by atoms with Gasteiger partial charge in [0.05, 0.1) is 0 Å². The molecular weight excluding hydrogens is 707 g/mol. The molecule has 0 N–H and O–H groups in total. The Kier molecular flexibility index (Phi) is 7.80. The quantitative estimate of drug-likeness (QED) is 0.170. The molecule has 0 aliphatic heterocycles. The molecule has 0 spiro atoms. The standard InChI is InChI=1S/C54H37N3O/c1-54(2)45-23-10-9-20-42(45)49-44(22-12-24-46(49)54)53-56-51(37-28-26-35(27-29-37)39-19-11-18-38(32-39)34-14-5-3-6-15-34)55-52(57-53)40-30-31-43-48(33-40)58-47-25-13-21-41(50(43)47)36-16-7-4-8-17-36/h3-33H,1-2H3. The molecular formula is C54H37N3O. The second-order valence-electron chi connectivity index (χ2n) is 15.6. The molecule has 0 saturated carbocycles. The first kappa shape index (κ1) is 33.9. The molecule has 10 aromatic rings. The maximum atomic E-state index is 6.55. The Morgan fingerprint density at radius 2 is 0.897 bits per heavy atom. The fraction of sp³-hybridized carbons (Fsp3) is 0.0556. The van der Waals surface area contributed by atoms with Crippen LogP contribution in [0.1, 0.15) is 25.0 Å². The Bertz CT molecular complexity index is 3180. The maximum absolute atomic E-state index is 6.55. The normalized spacial score (nSPS) is 12.8. The lowest BCUT2D eigenvalue weighted by Crippen LogP contribution is -2.14. The second kappa shape index (κ2) is 13.4. The predicted octanol–water partition coefficient (Wildman–Crippen LogP) is 14.1. The molecule has 0 fully saturated rings. The monoisotopic (exact) mass is 743 g/mol. The lowest BCUT2D eigenvalue weighted by atomic mass is 9.82. The highest BCUT2D eigenvalue weighted by Gasteiger charge is 2.37. The Balaban J connectivity index is 1.06. The molecule has 0 unspecified atom stereocenters. The lowest BCUT2D eigenvalue weighted by Gasteiger charge is -2.21. The number of aromatic nitrogens is 3. The van der Waals surface area contributed by atoms with Crippen LogP contribution in [-0.2, 0) is 5.41 Å². The van der Waals surface area contributed by atoms with E-state index in [1.54, 1.807) is 0 Å². The molecule has 274 valence electrons. The lowest BCUT2D eigenvalue weighted by molar-refractivity contribution is 0.660. The molecule has 2 heterocycles. The number of hydrogen-bond acceptors (Lipinski definition) is 4. The maximum Gasteiger partial charge on any atom is 0.164 e. The fourth-order valence-electron chi connectivity index (χ4n) is 8.84. The predicted molar refractivity (Wildman–Crippen MR) is 237 cm³/mol. The highest BCUT2D eigenvalue weighted by Crippen LogP contribution is 2.51. The van der Waals surface area contributed by atoms with Gasteiger partial charge in [-0.3, -0.25) is 0 Å². The summed E-state index contributed by atoms with van der Waals surface area (Å²) in [4.78, 5) is 15.7. The van der Waals surface area contributed by atoms with Crippen LogP contribution in [0.5, 0.6) is 0 Å². The van der Waals surface area contributed by atoms with Gasteiger partial charge in [0.2, 0.25) is 0 Å². The summed E-state index contributed by atoms with van der Waals surface area (Å²) in [6.07, 6.45) is 0. The van der Waals surface area contributed by atoms with Gasteiger partial charge in [0.15, 0.2) is 17.5 Å². The smallest absolute Gasteiger partial charge is 0.164 e. The molecule has 0 saturated heterocycles. The summed E-state index contributed by atoms with van der Waals surface area (Å²) in [6, 6.07) is 66.0. The third-order valence-electron chi connectivity index (χ3n) is 11.8. The van der Waals surface area contributed by atoms with Crippen molar-refractivity contribution in [3.63, 3.8) is 0 Å². The number of furan rings is 1. The number of rotatable bonds is 6. The molecule has 11 rings (SSSR count). The molecule has 0 amide bonds. The average Bonchev–Trinajstić information content (AvgIpc) is 3.78. The van der Waals surface area contributed by atoms with Crippen molar-refractivity contribution in [3.05, 3.63) is 199 Å². The Morgan fingerprint density at radius 3 is 1.67 bits per heavy atom. The molecule has 1 aliphatic carbocycles. The van der Waals surface area contributed by atoms with Crippen molar-refractivity contribution in [2.75, 3.05) is 0 Å². The number of hydrogen-bond donors (Lipinski definition) is 0. The topological polar surface area (TPSA) is 51.8 Å². The minimum Gasteiger partial charge on any atom is -0.456 e. The van der Waals surface area contributed by atoms with Gasteiger partial charge in [-0.15, -0.1) is 0 Å². The van der Waals surface area contributed by atoms with Crippen LogP contribution >= 0.6 is 0 Å². The van der Waals surface area contributed by atoms with Crippen LogP contribution in [0.3, 0.4) is 0 Å². The van der Waals surface area contributed by atoms with E-state index in [-0.39, 0.29) is 5.41 Å². The Hall–Kier alpha value is -7.43. The fourth-order valence-corrected chi connectivity index (χ4v) is 8.84. The van der Waals surface area contributed by atoms with Crippen LogP contribution in [0.15, 0.2) is 192 Å². The molecule has 2 aromatic heterocycles. The van der Waals surface area contributed by atoms with Crippen LogP contribution in [0, 0.1) is 0 Å². The van der Waals surface area contributed by atoms with Gasteiger partial charge in [-0.05, 0) is 79.9 Å². The van der Waals surface area contributed by atoms with Crippen LogP contribution in [-0.4, -0.2) is 15.0 Å². The van der Waals surface area contributed by atoms with Gasteiger partial charge < -0.3 is 4.42 Å². The summed E-state index contributed by atoms with van der Waals surface area (Å²) in [5.41, 5.74) is 16.2. The summed E-state index contributed by atoms with van der Waals surface area (Å²) >= 11 is 0. The van der Waals surface area contributed by atoms with Crippen molar-refractivity contribution in [2.45, 2.75) is 19.3 Å². The van der Waals surface area contributed by atoms with Gasteiger partial charge >= 0.3 is 0 Å². The zero-order chi connectivity index (χ0) is 38.8. The number of nitrogens with zero attached hydrogens (tertiary/aromatic N) is 3. The Labute approximate surface area is 337 Å². The van der Waals surface area contributed by atoms with Gasteiger partial charge in [0, 0.05) is 32.9 Å². The van der Waals surface area contributed by atoms with Gasteiger partial charge in [-0.25, -0.2) is 15.0 Å². The third-order valence-corrected chi connectivity index (χ3v) is 11.8. The summed E-state index contributed by atoms with van der Waals surface area (Å²) in [7, 11) is 0. The second-order valence-corrected chi connectivity index (χ2v) is 15.6. The highest BCUT2D eigenvalue weighted by molar-refractivity contribution is 6.13. The van der Waals surface area contributed by atoms with E-state index in [1.807, 2.05) is 18.2 Å². The first-order valence-electron chi connectivity index (χ1n) is 19.8. The summed E-state index contributed by atoms with van der Waals surface area (Å²) in [6.45, 7) is 4.60. The van der Waals surface area contributed by atoms with E-state index < -0.39 is 0 Å². The van der Waals surface area contributed by atoms with Crippen molar-refractivity contribution in [1.29, 1.82) is 0 Å². The molecule has 0 radical (unpaired) electrons. The summed E-state index contributed by atoms with van der Waals surface area (Å²) in [5, 5.41) is 2.15.